The fourth-order valence-electron chi connectivity index (χ4n) is 6.43. The van der Waals surface area contributed by atoms with Crippen molar-refractivity contribution >= 4 is 23.3 Å². The standard InChI is InChI=1S/C31H38ClNO5/c1-19(2)38-28-18-26-23(16-27(28)36-3)17-29(34)33(30(26)20-4-8-24(32)9-5-20)25-10-6-21(7-11-25)31(35)22-12-14-37-15-13-22/h4-5,8-9,16,18-19,21-22,25,30H,6-7,10-15,17H2,1-3H3/t21-,25-,30?. The lowest BCUT2D eigenvalue weighted by atomic mass is 9.76. The molecule has 0 bridgehead atoms. The van der Waals surface area contributed by atoms with Crippen molar-refractivity contribution in [2.75, 3.05) is 20.3 Å². The molecule has 1 saturated heterocycles. The lowest BCUT2D eigenvalue weighted by Gasteiger charge is -2.45. The molecule has 2 fully saturated rings. The maximum absolute atomic E-state index is 13.8. The normalized spacial score (nSPS) is 24.3. The first kappa shape index (κ1) is 27.0. The van der Waals surface area contributed by atoms with Gasteiger partial charge < -0.3 is 19.1 Å². The maximum Gasteiger partial charge on any atom is 0.228 e. The molecule has 2 aliphatic heterocycles. The quantitative estimate of drug-likeness (QED) is 0.421. The van der Waals surface area contributed by atoms with E-state index in [0.717, 1.165) is 55.2 Å². The fourth-order valence-corrected chi connectivity index (χ4v) is 6.56. The zero-order valence-corrected chi connectivity index (χ0v) is 23.3. The summed E-state index contributed by atoms with van der Waals surface area (Å²) in [7, 11) is 1.63. The molecule has 0 spiro atoms. The van der Waals surface area contributed by atoms with Crippen molar-refractivity contribution in [2.24, 2.45) is 11.8 Å². The van der Waals surface area contributed by atoms with Crippen molar-refractivity contribution < 1.29 is 23.8 Å². The average molecular weight is 540 g/mol. The lowest BCUT2D eigenvalue weighted by Crippen LogP contribution is -2.49. The monoisotopic (exact) mass is 539 g/mol. The molecule has 38 heavy (non-hydrogen) atoms. The minimum atomic E-state index is -0.253. The Labute approximate surface area is 230 Å². The van der Waals surface area contributed by atoms with Gasteiger partial charge in [0.1, 0.15) is 5.78 Å². The van der Waals surface area contributed by atoms with Crippen LogP contribution in [-0.2, 0) is 20.7 Å². The number of ether oxygens (including phenoxy) is 3. The first-order valence-corrected chi connectivity index (χ1v) is 14.3. The largest absolute Gasteiger partial charge is 0.493 e. The van der Waals surface area contributed by atoms with Crippen LogP contribution in [-0.4, -0.2) is 49.1 Å². The molecule has 2 heterocycles. The Kier molecular flexibility index (Phi) is 8.29. The summed E-state index contributed by atoms with van der Waals surface area (Å²) in [5.74, 6) is 2.05. The van der Waals surface area contributed by atoms with E-state index in [-0.39, 0.29) is 35.9 Å². The van der Waals surface area contributed by atoms with Gasteiger partial charge in [-0.2, -0.15) is 0 Å². The maximum atomic E-state index is 13.8. The third-order valence-corrected chi connectivity index (χ3v) is 8.54. The van der Waals surface area contributed by atoms with E-state index >= 15 is 0 Å². The highest BCUT2D eigenvalue weighted by Gasteiger charge is 2.41. The minimum Gasteiger partial charge on any atom is -0.493 e. The second kappa shape index (κ2) is 11.7. The van der Waals surface area contributed by atoms with Gasteiger partial charge in [0.05, 0.1) is 25.7 Å². The molecule has 0 N–H and O–H groups in total. The summed E-state index contributed by atoms with van der Waals surface area (Å²) in [5, 5.41) is 0.661. The van der Waals surface area contributed by atoms with Crippen LogP contribution < -0.4 is 9.47 Å². The predicted molar refractivity (Wildman–Crippen MR) is 147 cm³/mol. The van der Waals surface area contributed by atoms with Crippen LogP contribution in [0, 0.1) is 11.8 Å². The molecule has 1 aliphatic carbocycles. The molecule has 204 valence electrons. The molecule has 2 aromatic rings. The summed E-state index contributed by atoms with van der Waals surface area (Å²) in [4.78, 5) is 29.0. The van der Waals surface area contributed by atoms with Crippen LogP contribution >= 0.6 is 11.6 Å². The summed E-state index contributed by atoms with van der Waals surface area (Å²) in [6.07, 6.45) is 5.29. The SMILES string of the molecule is COc1cc2c(cc1OC(C)C)C(c1ccc(Cl)cc1)N([C@H]1CC[C@H](C(=O)C3CCOCC3)CC1)C(=O)C2. The van der Waals surface area contributed by atoms with Gasteiger partial charge in [-0.25, -0.2) is 0 Å². The van der Waals surface area contributed by atoms with Crippen LogP contribution in [0.2, 0.25) is 5.02 Å². The Morgan fingerprint density at radius 2 is 1.63 bits per heavy atom. The Morgan fingerprint density at radius 3 is 2.26 bits per heavy atom. The third-order valence-electron chi connectivity index (χ3n) is 8.29. The molecular weight excluding hydrogens is 502 g/mol. The van der Waals surface area contributed by atoms with Crippen LogP contribution in [0.5, 0.6) is 11.5 Å². The van der Waals surface area contributed by atoms with Crippen molar-refractivity contribution in [2.45, 2.75) is 77.0 Å². The Hall–Kier alpha value is -2.57. The van der Waals surface area contributed by atoms with E-state index in [4.69, 9.17) is 25.8 Å². The average Bonchev–Trinajstić information content (AvgIpc) is 2.93. The molecule has 7 heteroatoms. The number of halogens is 1. The van der Waals surface area contributed by atoms with Gasteiger partial charge in [-0.1, -0.05) is 23.7 Å². The molecule has 1 atom stereocenters. The number of benzene rings is 2. The Balaban J connectivity index is 1.45. The topological polar surface area (TPSA) is 65.1 Å². The molecule has 1 amide bonds. The van der Waals surface area contributed by atoms with Crippen LogP contribution in [0.3, 0.4) is 0 Å². The molecular formula is C31H38ClNO5. The second-order valence-electron chi connectivity index (χ2n) is 11.1. The van der Waals surface area contributed by atoms with E-state index < -0.39 is 0 Å². The number of rotatable bonds is 7. The van der Waals surface area contributed by atoms with Crippen molar-refractivity contribution in [3.05, 3.63) is 58.1 Å². The number of hydrogen-bond donors (Lipinski definition) is 0. The van der Waals surface area contributed by atoms with Gasteiger partial charge >= 0.3 is 0 Å². The summed E-state index contributed by atoms with van der Waals surface area (Å²) >= 11 is 6.24. The number of ketones is 1. The van der Waals surface area contributed by atoms with E-state index in [1.54, 1.807) is 7.11 Å². The van der Waals surface area contributed by atoms with E-state index in [1.165, 1.54) is 0 Å². The second-order valence-corrected chi connectivity index (χ2v) is 11.5. The van der Waals surface area contributed by atoms with Crippen molar-refractivity contribution in [1.29, 1.82) is 0 Å². The predicted octanol–water partition coefficient (Wildman–Crippen LogP) is 6.16. The number of carbonyl (C=O) groups excluding carboxylic acids is 2. The number of fused-ring (bicyclic) bond motifs is 1. The van der Waals surface area contributed by atoms with Gasteiger partial charge in [0, 0.05) is 36.1 Å². The van der Waals surface area contributed by atoms with E-state index in [1.807, 2.05) is 50.2 Å². The zero-order valence-electron chi connectivity index (χ0n) is 22.6. The Bertz CT molecular complexity index is 1150. The Morgan fingerprint density at radius 1 is 0.974 bits per heavy atom. The minimum absolute atomic E-state index is 0.0131. The first-order chi connectivity index (χ1) is 18.4. The molecule has 2 aromatic carbocycles. The van der Waals surface area contributed by atoms with Gasteiger partial charge in [-0.3, -0.25) is 9.59 Å². The van der Waals surface area contributed by atoms with E-state index in [2.05, 4.69) is 4.90 Å². The van der Waals surface area contributed by atoms with Crippen molar-refractivity contribution in [3.8, 4) is 11.5 Å². The highest BCUT2D eigenvalue weighted by molar-refractivity contribution is 6.30. The van der Waals surface area contributed by atoms with E-state index in [0.29, 0.717) is 41.9 Å². The van der Waals surface area contributed by atoms with E-state index in [9.17, 15) is 9.59 Å². The van der Waals surface area contributed by atoms with Crippen molar-refractivity contribution in [3.63, 3.8) is 0 Å². The van der Waals surface area contributed by atoms with Crippen LogP contribution in [0.15, 0.2) is 36.4 Å². The number of amides is 1. The molecule has 0 radical (unpaired) electrons. The number of methoxy groups -OCH3 is 1. The molecule has 1 saturated carbocycles. The smallest absolute Gasteiger partial charge is 0.228 e. The number of hydrogen-bond acceptors (Lipinski definition) is 5. The lowest BCUT2D eigenvalue weighted by molar-refractivity contribution is -0.137. The van der Waals surface area contributed by atoms with Crippen LogP contribution in [0.25, 0.3) is 0 Å². The summed E-state index contributed by atoms with van der Waals surface area (Å²) in [6, 6.07) is 11.6. The highest BCUT2D eigenvalue weighted by atomic mass is 35.5. The number of nitrogens with zero attached hydrogens (tertiary/aromatic N) is 1. The van der Waals surface area contributed by atoms with Gasteiger partial charge in [0.25, 0.3) is 0 Å². The summed E-state index contributed by atoms with van der Waals surface area (Å²) < 4.78 is 17.2. The summed E-state index contributed by atoms with van der Waals surface area (Å²) in [5.41, 5.74) is 3.04. The van der Waals surface area contributed by atoms with Crippen LogP contribution in [0.1, 0.15) is 75.1 Å². The molecule has 3 aliphatic rings. The molecule has 0 aromatic heterocycles. The number of carbonyl (C=O) groups is 2. The van der Waals surface area contributed by atoms with Gasteiger partial charge in [-0.15, -0.1) is 0 Å². The molecule has 6 nitrogen and oxygen atoms in total. The van der Waals surface area contributed by atoms with Gasteiger partial charge in [0.2, 0.25) is 5.91 Å². The highest BCUT2D eigenvalue weighted by Crippen LogP contribution is 2.45. The molecule has 5 rings (SSSR count). The first-order valence-electron chi connectivity index (χ1n) is 13.9. The number of Topliss-reactive ketones (excluding diaryl/α,β-unsaturated/α-hetero) is 1. The fraction of sp³-hybridized carbons (Fsp3) is 0.548. The third kappa shape index (κ3) is 5.57. The zero-order chi connectivity index (χ0) is 26.8. The molecule has 1 unspecified atom stereocenters. The van der Waals surface area contributed by atoms with Crippen LogP contribution in [0.4, 0.5) is 0 Å². The van der Waals surface area contributed by atoms with Gasteiger partial charge in [-0.05, 0) is 93.3 Å². The summed E-state index contributed by atoms with van der Waals surface area (Å²) in [6.45, 7) is 5.35. The van der Waals surface area contributed by atoms with Crippen molar-refractivity contribution in [1.82, 2.24) is 4.90 Å². The van der Waals surface area contributed by atoms with Gasteiger partial charge in [0.15, 0.2) is 11.5 Å².